The van der Waals surface area contributed by atoms with Crippen LogP contribution in [0.5, 0.6) is 0 Å². The number of aromatic nitrogens is 2. The molecule has 1 atom stereocenters. The molecule has 1 aliphatic heterocycles. The summed E-state index contributed by atoms with van der Waals surface area (Å²) in [6.45, 7) is 3.12. The predicted molar refractivity (Wildman–Crippen MR) is 120 cm³/mol. The van der Waals surface area contributed by atoms with Crippen LogP contribution in [0.1, 0.15) is 39.9 Å². The number of halogens is 1. The highest BCUT2D eigenvalue weighted by Gasteiger charge is 2.27. The Kier molecular flexibility index (Phi) is 6.48. The first-order valence-electron chi connectivity index (χ1n) is 10.7. The maximum Gasteiger partial charge on any atom is 0.272 e. The number of hydrogen-bond donors (Lipinski definition) is 2. The standard InChI is InChI=1S/C24H24FN5O3/c1-16(22(31)27-19-10-8-18(25)9-11-19)26-23(32)20-14-21-24(33)29(12-5-13-30(21)28-20)15-17-6-3-2-4-7-17/h2-4,6-11,14,16H,5,12-13,15H2,1H3,(H,26,32)(H,27,31). The lowest BCUT2D eigenvalue weighted by Gasteiger charge is -2.20. The van der Waals surface area contributed by atoms with E-state index >= 15 is 0 Å². The van der Waals surface area contributed by atoms with Crippen molar-refractivity contribution in [2.45, 2.75) is 32.5 Å². The molecule has 0 radical (unpaired) electrons. The molecular formula is C24H24FN5O3. The smallest absolute Gasteiger partial charge is 0.272 e. The van der Waals surface area contributed by atoms with Crippen molar-refractivity contribution in [3.63, 3.8) is 0 Å². The second kappa shape index (κ2) is 9.64. The summed E-state index contributed by atoms with van der Waals surface area (Å²) in [4.78, 5) is 39.9. The molecule has 33 heavy (non-hydrogen) atoms. The monoisotopic (exact) mass is 449 g/mol. The molecule has 0 spiro atoms. The van der Waals surface area contributed by atoms with Crippen molar-refractivity contribution in [2.24, 2.45) is 0 Å². The number of aryl methyl sites for hydroxylation is 1. The molecule has 0 saturated carbocycles. The third-order valence-electron chi connectivity index (χ3n) is 5.39. The topological polar surface area (TPSA) is 96.3 Å². The quantitative estimate of drug-likeness (QED) is 0.605. The third kappa shape index (κ3) is 5.25. The molecule has 0 fully saturated rings. The number of nitrogens with one attached hydrogen (secondary N) is 2. The number of fused-ring (bicyclic) bond motifs is 1. The number of amides is 3. The first-order chi connectivity index (χ1) is 15.9. The van der Waals surface area contributed by atoms with Crippen molar-refractivity contribution in [1.82, 2.24) is 20.0 Å². The SMILES string of the molecule is CC(NC(=O)c1cc2n(n1)CCCN(Cc1ccccc1)C2=O)C(=O)Nc1ccc(F)cc1. The molecule has 2 N–H and O–H groups in total. The van der Waals surface area contributed by atoms with Crippen molar-refractivity contribution >= 4 is 23.4 Å². The van der Waals surface area contributed by atoms with Crippen LogP contribution in [-0.4, -0.2) is 45.0 Å². The van der Waals surface area contributed by atoms with Crippen LogP contribution in [0.3, 0.4) is 0 Å². The summed E-state index contributed by atoms with van der Waals surface area (Å²) in [5.41, 5.74) is 1.86. The second-order valence-corrected chi connectivity index (χ2v) is 7.90. The van der Waals surface area contributed by atoms with Crippen LogP contribution in [0.25, 0.3) is 0 Å². The molecule has 1 aromatic heterocycles. The fourth-order valence-corrected chi connectivity index (χ4v) is 3.62. The molecule has 1 unspecified atom stereocenters. The van der Waals surface area contributed by atoms with Crippen LogP contribution in [-0.2, 0) is 17.9 Å². The number of nitrogens with zero attached hydrogens (tertiary/aromatic N) is 3. The highest BCUT2D eigenvalue weighted by molar-refractivity contribution is 6.01. The highest BCUT2D eigenvalue weighted by atomic mass is 19.1. The fraction of sp³-hybridized carbons (Fsp3) is 0.250. The van der Waals surface area contributed by atoms with Gasteiger partial charge in [0.2, 0.25) is 5.91 Å². The van der Waals surface area contributed by atoms with Gasteiger partial charge in [0, 0.05) is 31.4 Å². The Labute approximate surface area is 190 Å². The van der Waals surface area contributed by atoms with E-state index in [0.29, 0.717) is 37.4 Å². The van der Waals surface area contributed by atoms with Gasteiger partial charge in [-0.3, -0.25) is 19.1 Å². The van der Waals surface area contributed by atoms with Crippen molar-refractivity contribution < 1.29 is 18.8 Å². The van der Waals surface area contributed by atoms with Crippen molar-refractivity contribution in [3.05, 3.63) is 83.4 Å². The summed E-state index contributed by atoms with van der Waals surface area (Å²) in [6.07, 6.45) is 0.713. The van der Waals surface area contributed by atoms with Gasteiger partial charge in [-0.2, -0.15) is 5.10 Å². The molecule has 0 aliphatic carbocycles. The van der Waals surface area contributed by atoms with Gasteiger partial charge in [0.1, 0.15) is 17.6 Å². The largest absolute Gasteiger partial charge is 0.339 e. The summed E-state index contributed by atoms with van der Waals surface area (Å²) in [6, 6.07) is 15.6. The van der Waals surface area contributed by atoms with E-state index in [-0.39, 0.29) is 11.6 Å². The van der Waals surface area contributed by atoms with Crippen LogP contribution in [0.4, 0.5) is 10.1 Å². The number of benzene rings is 2. The van der Waals surface area contributed by atoms with Crippen LogP contribution >= 0.6 is 0 Å². The fourth-order valence-electron chi connectivity index (χ4n) is 3.62. The molecule has 0 saturated heterocycles. The lowest BCUT2D eigenvalue weighted by atomic mass is 10.2. The Morgan fingerprint density at radius 1 is 1.09 bits per heavy atom. The Morgan fingerprint density at radius 2 is 1.82 bits per heavy atom. The van der Waals surface area contributed by atoms with Gasteiger partial charge in [-0.25, -0.2) is 4.39 Å². The van der Waals surface area contributed by atoms with E-state index in [0.717, 1.165) is 5.56 Å². The average Bonchev–Trinajstić information content (AvgIpc) is 3.18. The molecule has 0 bridgehead atoms. The highest BCUT2D eigenvalue weighted by Crippen LogP contribution is 2.17. The predicted octanol–water partition coefficient (Wildman–Crippen LogP) is 2.83. The summed E-state index contributed by atoms with van der Waals surface area (Å²) in [5.74, 6) is -1.61. The number of anilines is 1. The number of carbonyl (C=O) groups excluding carboxylic acids is 3. The zero-order valence-electron chi connectivity index (χ0n) is 18.1. The second-order valence-electron chi connectivity index (χ2n) is 7.90. The lowest BCUT2D eigenvalue weighted by Crippen LogP contribution is -2.41. The molecule has 170 valence electrons. The summed E-state index contributed by atoms with van der Waals surface area (Å²) >= 11 is 0. The van der Waals surface area contributed by atoms with Crippen LogP contribution in [0, 0.1) is 5.82 Å². The molecule has 1 aliphatic rings. The Balaban J connectivity index is 1.42. The maximum atomic E-state index is 13.1. The summed E-state index contributed by atoms with van der Waals surface area (Å²) < 4.78 is 14.6. The first-order valence-corrected chi connectivity index (χ1v) is 10.7. The number of rotatable bonds is 6. The molecule has 2 heterocycles. The van der Waals surface area contributed by atoms with Gasteiger partial charge in [0.05, 0.1) is 0 Å². The first kappa shape index (κ1) is 22.2. The number of hydrogen-bond acceptors (Lipinski definition) is 4. The molecular weight excluding hydrogens is 425 g/mol. The van der Waals surface area contributed by atoms with Crippen LogP contribution in [0.2, 0.25) is 0 Å². The lowest BCUT2D eigenvalue weighted by molar-refractivity contribution is -0.117. The normalized spacial score (nSPS) is 14.2. The minimum atomic E-state index is -0.866. The van der Waals surface area contributed by atoms with E-state index in [1.807, 2.05) is 30.3 Å². The van der Waals surface area contributed by atoms with E-state index in [9.17, 15) is 18.8 Å². The molecule has 8 nitrogen and oxygen atoms in total. The van der Waals surface area contributed by atoms with Crippen molar-refractivity contribution in [2.75, 3.05) is 11.9 Å². The number of carbonyl (C=O) groups is 3. The molecule has 4 rings (SSSR count). The Hall–Kier alpha value is -4.01. The van der Waals surface area contributed by atoms with E-state index < -0.39 is 23.7 Å². The zero-order chi connectivity index (χ0) is 23.4. The molecule has 2 aromatic carbocycles. The Bertz CT molecular complexity index is 1160. The van der Waals surface area contributed by atoms with Gasteiger partial charge in [-0.1, -0.05) is 30.3 Å². The summed E-state index contributed by atoms with van der Waals surface area (Å²) in [7, 11) is 0. The van der Waals surface area contributed by atoms with Gasteiger partial charge >= 0.3 is 0 Å². The third-order valence-corrected chi connectivity index (χ3v) is 5.39. The average molecular weight is 449 g/mol. The zero-order valence-corrected chi connectivity index (χ0v) is 18.1. The van der Waals surface area contributed by atoms with E-state index in [1.54, 1.807) is 9.58 Å². The van der Waals surface area contributed by atoms with Gasteiger partial charge in [-0.15, -0.1) is 0 Å². The van der Waals surface area contributed by atoms with E-state index in [1.165, 1.54) is 37.3 Å². The Morgan fingerprint density at radius 3 is 2.55 bits per heavy atom. The minimum absolute atomic E-state index is 0.0707. The van der Waals surface area contributed by atoms with Crippen LogP contribution in [0.15, 0.2) is 60.7 Å². The van der Waals surface area contributed by atoms with Gasteiger partial charge in [-0.05, 0) is 43.2 Å². The molecule has 3 amide bonds. The van der Waals surface area contributed by atoms with Gasteiger partial charge < -0.3 is 15.5 Å². The summed E-state index contributed by atoms with van der Waals surface area (Å²) in [5, 5.41) is 9.50. The molecule has 3 aromatic rings. The maximum absolute atomic E-state index is 13.1. The van der Waals surface area contributed by atoms with Crippen molar-refractivity contribution in [1.29, 1.82) is 0 Å². The van der Waals surface area contributed by atoms with E-state index in [2.05, 4.69) is 15.7 Å². The van der Waals surface area contributed by atoms with Crippen molar-refractivity contribution in [3.8, 4) is 0 Å². The van der Waals surface area contributed by atoms with Gasteiger partial charge in [0.25, 0.3) is 11.8 Å². The van der Waals surface area contributed by atoms with Gasteiger partial charge in [0.15, 0.2) is 5.69 Å². The minimum Gasteiger partial charge on any atom is -0.339 e. The van der Waals surface area contributed by atoms with E-state index in [4.69, 9.17) is 0 Å². The van der Waals surface area contributed by atoms with Crippen LogP contribution < -0.4 is 10.6 Å². The molecule has 9 heteroatoms.